The Morgan fingerprint density at radius 3 is 2.47 bits per heavy atom. The van der Waals surface area contributed by atoms with E-state index in [0.717, 1.165) is 5.92 Å². The van der Waals surface area contributed by atoms with Crippen molar-refractivity contribution in [1.29, 1.82) is 0 Å². The van der Waals surface area contributed by atoms with Gasteiger partial charge in [0.1, 0.15) is 0 Å². The molecule has 0 aliphatic heterocycles. The van der Waals surface area contributed by atoms with Crippen LogP contribution >= 0.6 is 11.8 Å². The van der Waals surface area contributed by atoms with E-state index in [2.05, 4.69) is 42.7 Å². The molecule has 0 unspecified atom stereocenters. The third-order valence-electron chi connectivity index (χ3n) is 3.14. The predicted octanol–water partition coefficient (Wildman–Crippen LogP) is 4.44. The van der Waals surface area contributed by atoms with Gasteiger partial charge in [0, 0.05) is 4.90 Å². The van der Waals surface area contributed by atoms with Crippen molar-refractivity contribution in [3.05, 3.63) is 42.0 Å². The molecule has 0 aromatic heterocycles. The van der Waals surface area contributed by atoms with E-state index >= 15 is 0 Å². The van der Waals surface area contributed by atoms with E-state index in [1.54, 1.807) is 5.56 Å². The van der Waals surface area contributed by atoms with Gasteiger partial charge in [0.15, 0.2) is 0 Å². The van der Waals surface area contributed by atoms with Crippen LogP contribution < -0.4 is 0 Å². The van der Waals surface area contributed by atoms with E-state index in [0.29, 0.717) is 0 Å². The molecule has 1 aliphatic rings. The molecule has 76 valence electrons. The zero-order valence-electron chi connectivity index (χ0n) is 8.86. The van der Waals surface area contributed by atoms with Gasteiger partial charge in [-0.3, -0.25) is 0 Å². The molecule has 0 bridgehead atoms. The molecule has 2 aromatic rings. The lowest BCUT2D eigenvalue weighted by Gasteiger charge is -2.09. The number of rotatable bonds is 2. The quantitative estimate of drug-likeness (QED) is 0.666. The van der Waals surface area contributed by atoms with Gasteiger partial charge in [0.25, 0.3) is 0 Å². The third-order valence-corrected chi connectivity index (χ3v) is 3.92. The lowest BCUT2D eigenvalue weighted by molar-refractivity contribution is 1.14. The molecule has 0 N–H and O–H groups in total. The molecule has 0 saturated heterocycles. The summed E-state index contributed by atoms with van der Waals surface area (Å²) in [5, 5.41) is 2.89. The second kappa shape index (κ2) is 3.57. The molecule has 3 rings (SSSR count). The number of hydrogen-bond donors (Lipinski definition) is 0. The van der Waals surface area contributed by atoms with Gasteiger partial charge in [-0.15, -0.1) is 11.8 Å². The van der Waals surface area contributed by atoms with Crippen molar-refractivity contribution in [2.45, 2.75) is 23.7 Å². The SMILES string of the molecule is CSc1cccc2cccc(C3CC3)c12. The minimum absolute atomic E-state index is 0.835. The molecule has 0 amide bonds. The first-order valence-electron chi connectivity index (χ1n) is 5.46. The van der Waals surface area contributed by atoms with Crippen LogP contribution in [0.5, 0.6) is 0 Å². The highest BCUT2D eigenvalue weighted by atomic mass is 32.2. The van der Waals surface area contributed by atoms with E-state index in [9.17, 15) is 0 Å². The molecule has 0 atom stereocenters. The minimum atomic E-state index is 0.835. The van der Waals surface area contributed by atoms with Crippen molar-refractivity contribution >= 4 is 22.5 Å². The largest absolute Gasteiger partial charge is 0.129 e. The van der Waals surface area contributed by atoms with Crippen LogP contribution in [0.3, 0.4) is 0 Å². The maximum absolute atomic E-state index is 2.31. The topological polar surface area (TPSA) is 0 Å². The number of thioether (sulfide) groups is 1. The van der Waals surface area contributed by atoms with E-state index in [1.165, 1.54) is 28.5 Å². The van der Waals surface area contributed by atoms with E-state index in [1.807, 2.05) is 11.8 Å². The van der Waals surface area contributed by atoms with Crippen LogP contribution in [0.15, 0.2) is 41.3 Å². The van der Waals surface area contributed by atoms with E-state index < -0.39 is 0 Å². The van der Waals surface area contributed by atoms with Gasteiger partial charge in [-0.05, 0) is 47.4 Å². The molecule has 0 spiro atoms. The molecular formula is C14H14S. The smallest absolute Gasteiger partial charge is 0.0150 e. The number of hydrogen-bond acceptors (Lipinski definition) is 1. The summed E-state index contributed by atoms with van der Waals surface area (Å²) >= 11 is 1.86. The molecule has 1 aliphatic carbocycles. The fourth-order valence-electron chi connectivity index (χ4n) is 2.24. The van der Waals surface area contributed by atoms with E-state index in [4.69, 9.17) is 0 Å². The Bertz CT molecular complexity index is 492. The van der Waals surface area contributed by atoms with E-state index in [-0.39, 0.29) is 0 Å². The van der Waals surface area contributed by atoms with Gasteiger partial charge in [0.2, 0.25) is 0 Å². The van der Waals surface area contributed by atoms with Crippen molar-refractivity contribution < 1.29 is 0 Å². The Morgan fingerprint density at radius 2 is 1.80 bits per heavy atom. The lowest BCUT2D eigenvalue weighted by atomic mass is 10.0. The summed E-state index contributed by atoms with van der Waals surface area (Å²) in [4.78, 5) is 1.43. The first-order valence-corrected chi connectivity index (χ1v) is 6.68. The molecule has 0 heterocycles. The van der Waals surface area contributed by atoms with Crippen molar-refractivity contribution in [2.75, 3.05) is 6.26 Å². The first kappa shape index (κ1) is 9.29. The summed E-state index contributed by atoms with van der Waals surface area (Å²) in [6.45, 7) is 0. The fourth-order valence-corrected chi connectivity index (χ4v) is 2.89. The standard InChI is InChI=1S/C14H14S/c1-15-13-7-3-5-11-4-2-6-12(14(11)13)10-8-9-10/h2-7,10H,8-9H2,1H3. The number of benzene rings is 2. The zero-order chi connectivity index (χ0) is 10.3. The van der Waals surface area contributed by atoms with Crippen LogP contribution in [0.4, 0.5) is 0 Å². The summed E-state index contributed by atoms with van der Waals surface area (Å²) in [5.74, 6) is 0.835. The number of fused-ring (bicyclic) bond motifs is 1. The summed E-state index contributed by atoms with van der Waals surface area (Å²) in [5.41, 5.74) is 1.57. The average Bonchev–Trinajstić information content (AvgIpc) is 3.11. The summed E-state index contributed by atoms with van der Waals surface area (Å²) < 4.78 is 0. The van der Waals surface area contributed by atoms with Gasteiger partial charge >= 0.3 is 0 Å². The minimum Gasteiger partial charge on any atom is -0.129 e. The Labute approximate surface area is 94.7 Å². The second-order valence-corrected chi connectivity index (χ2v) is 5.03. The Balaban J connectivity index is 2.33. The third kappa shape index (κ3) is 1.55. The Kier molecular flexibility index (Phi) is 2.21. The van der Waals surface area contributed by atoms with Gasteiger partial charge < -0.3 is 0 Å². The lowest BCUT2D eigenvalue weighted by Crippen LogP contribution is -1.85. The fraction of sp³-hybridized carbons (Fsp3) is 0.286. The maximum atomic E-state index is 2.31. The van der Waals surface area contributed by atoms with Crippen LogP contribution in [0, 0.1) is 0 Å². The van der Waals surface area contributed by atoms with Crippen LogP contribution in [0.25, 0.3) is 10.8 Å². The summed E-state index contributed by atoms with van der Waals surface area (Å²) in [7, 11) is 0. The van der Waals surface area contributed by atoms with Crippen molar-refractivity contribution in [1.82, 2.24) is 0 Å². The second-order valence-electron chi connectivity index (χ2n) is 4.18. The molecule has 1 saturated carbocycles. The van der Waals surface area contributed by atoms with Gasteiger partial charge in [-0.25, -0.2) is 0 Å². The normalized spacial score (nSPS) is 15.8. The van der Waals surface area contributed by atoms with Crippen LogP contribution in [0.2, 0.25) is 0 Å². The van der Waals surface area contributed by atoms with Crippen molar-refractivity contribution in [2.24, 2.45) is 0 Å². The molecule has 0 nitrogen and oxygen atoms in total. The molecule has 1 fully saturated rings. The first-order chi connectivity index (χ1) is 7.40. The van der Waals surface area contributed by atoms with Crippen molar-refractivity contribution in [3.63, 3.8) is 0 Å². The highest BCUT2D eigenvalue weighted by Gasteiger charge is 2.25. The maximum Gasteiger partial charge on any atom is 0.0150 e. The molecule has 2 aromatic carbocycles. The molecule has 1 heteroatoms. The average molecular weight is 214 g/mol. The zero-order valence-corrected chi connectivity index (χ0v) is 9.68. The monoisotopic (exact) mass is 214 g/mol. The van der Waals surface area contributed by atoms with Crippen molar-refractivity contribution in [3.8, 4) is 0 Å². The van der Waals surface area contributed by atoms with Gasteiger partial charge in [-0.1, -0.05) is 30.3 Å². The summed E-state index contributed by atoms with van der Waals surface area (Å²) in [6.07, 6.45) is 4.92. The van der Waals surface area contributed by atoms with Crippen LogP contribution in [0.1, 0.15) is 24.3 Å². The van der Waals surface area contributed by atoms with Gasteiger partial charge in [-0.2, -0.15) is 0 Å². The molecule has 15 heavy (non-hydrogen) atoms. The molecular weight excluding hydrogens is 200 g/mol. The Morgan fingerprint density at radius 1 is 1.07 bits per heavy atom. The highest BCUT2D eigenvalue weighted by Crippen LogP contribution is 2.44. The Hall–Kier alpha value is -0.950. The molecule has 0 radical (unpaired) electrons. The highest BCUT2D eigenvalue weighted by molar-refractivity contribution is 7.98. The summed E-state index contributed by atoms with van der Waals surface area (Å²) in [6, 6.07) is 13.3. The van der Waals surface area contributed by atoms with Gasteiger partial charge in [0.05, 0.1) is 0 Å². The van der Waals surface area contributed by atoms with Crippen LogP contribution in [-0.2, 0) is 0 Å². The van der Waals surface area contributed by atoms with Crippen LogP contribution in [-0.4, -0.2) is 6.26 Å². The predicted molar refractivity (Wildman–Crippen MR) is 67.7 cm³/mol.